The number of sulfonamides is 1. The molecule has 0 spiro atoms. The molecule has 0 bridgehead atoms. The van der Waals surface area contributed by atoms with Crippen LogP contribution >= 0.6 is 11.3 Å². The number of hydrogen-bond acceptors (Lipinski definition) is 4. The molecular weight excluding hydrogens is 380 g/mol. The Kier molecular flexibility index (Phi) is 5.53. The number of hydrogen-bond donors (Lipinski definition) is 1. The molecule has 3 rings (SSSR count). The molecule has 5 nitrogen and oxygen atoms in total. The van der Waals surface area contributed by atoms with Crippen LogP contribution in [0.1, 0.15) is 29.9 Å². The van der Waals surface area contributed by atoms with Gasteiger partial charge in [-0.2, -0.15) is 0 Å². The van der Waals surface area contributed by atoms with Crippen molar-refractivity contribution >= 4 is 43.0 Å². The fourth-order valence-electron chi connectivity index (χ4n) is 2.62. The third kappa shape index (κ3) is 3.99. The van der Waals surface area contributed by atoms with Gasteiger partial charge in [0.25, 0.3) is 15.9 Å². The van der Waals surface area contributed by atoms with Gasteiger partial charge in [-0.25, -0.2) is 8.42 Å². The molecule has 0 aliphatic carbocycles. The summed E-state index contributed by atoms with van der Waals surface area (Å²) in [6, 6.07) is 15.7. The van der Waals surface area contributed by atoms with Crippen LogP contribution < -0.4 is 9.62 Å². The molecule has 0 aliphatic heterocycles. The molecule has 1 N–H and O–H groups in total. The lowest BCUT2D eigenvalue weighted by molar-refractivity contribution is 0.0943. The normalized spacial score (nSPS) is 12.7. The Morgan fingerprint density at radius 1 is 1.15 bits per heavy atom. The zero-order chi connectivity index (χ0) is 19.6. The van der Waals surface area contributed by atoms with Crippen LogP contribution in [0.25, 0.3) is 10.1 Å². The van der Waals surface area contributed by atoms with Crippen molar-refractivity contribution in [3.8, 4) is 0 Å². The number of fused-ring (bicyclic) bond motifs is 1. The summed E-state index contributed by atoms with van der Waals surface area (Å²) in [5.74, 6) is -0.0997. The van der Waals surface area contributed by atoms with E-state index in [2.05, 4.69) is 5.32 Å². The van der Waals surface area contributed by atoms with Crippen LogP contribution in [0.4, 0.5) is 5.69 Å². The molecule has 0 radical (unpaired) electrons. The van der Waals surface area contributed by atoms with Gasteiger partial charge in [-0.3, -0.25) is 9.10 Å². The number of anilines is 1. The van der Waals surface area contributed by atoms with Crippen LogP contribution in [0, 0.1) is 0 Å². The summed E-state index contributed by atoms with van der Waals surface area (Å²) >= 11 is 1.40. The molecule has 3 aromatic rings. The Labute approximate surface area is 163 Å². The monoisotopic (exact) mass is 402 g/mol. The van der Waals surface area contributed by atoms with E-state index in [9.17, 15) is 13.2 Å². The van der Waals surface area contributed by atoms with Crippen molar-refractivity contribution in [2.24, 2.45) is 0 Å². The lowest BCUT2D eigenvalue weighted by Gasteiger charge is -2.19. The van der Waals surface area contributed by atoms with E-state index in [0.29, 0.717) is 10.6 Å². The van der Waals surface area contributed by atoms with Crippen molar-refractivity contribution in [1.82, 2.24) is 5.32 Å². The Bertz CT molecular complexity index is 1060. The molecule has 27 heavy (non-hydrogen) atoms. The van der Waals surface area contributed by atoms with Gasteiger partial charge in [-0.15, -0.1) is 11.3 Å². The van der Waals surface area contributed by atoms with Crippen molar-refractivity contribution in [3.05, 3.63) is 59.5 Å². The molecule has 1 atom stereocenters. The minimum Gasteiger partial charge on any atom is -0.349 e. The van der Waals surface area contributed by atoms with E-state index in [1.807, 2.05) is 26.0 Å². The lowest BCUT2D eigenvalue weighted by atomic mass is 10.2. The van der Waals surface area contributed by atoms with Crippen molar-refractivity contribution in [3.63, 3.8) is 0 Å². The first-order valence-electron chi connectivity index (χ1n) is 8.71. The van der Waals surface area contributed by atoms with Crippen molar-refractivity contribution < 1.29 is 13.2 Å². The Hall–Kier alpha value is -2.38. The highest BCUT2D eigenvalue weighted by molar-refractivity contribution is 7.92. The van der Waals surface area contributed by atoms with E-state index in [-0.39, 0.29) is 16.8 Å². The van der Waals surface area contributed by atoms with Gasteiger partial charge >= 0.3 is 0 Å². The maximum absolute atomic E-state index is 12.8. The quantitative estimate of drug-likeness (QED) is 0.670. The van der Waals surface area contributed by atoms with Gasteiger partial charge in [0.2, 0.25) is 0 Å². The SMILES string of the molecule is CCC(C)NC(=O)c1cc2cc(N(C)S(=O)(=O)c3ccccc3)ccc2s1. The number of carbonyl (C=O) groups excluding carboxylic acids is 1. The largest absolute Gasteiger partial charge is 0.349 e. The van der Waals surface area contributed by atoms with Crippen LogP contribution in [0.5, 0.6) is 0 Å². The number of carbonyl (C=O) groups is 1. The molecule has 7 heteroatoms. The van der Waals surface area contributed by atoms with Crippen molar-refractivity contribution in [2.75, 3.05) is 11.4 Å². The predicted octanol–water partition coefficient (Wildman–Crippen LogP) is 4.25. The molecular formula is C20H22N2O3S2. The molecule has 1 aromatic heterocycles. The Morgan fingerprint density at radius 3 is 2.52 bits per heavy atom. The van der Waals surface area contributed by atoms with E-state index >= 15 is 0 Å². The summed E-state index contributed by atoms with van der Waals surface area (Å²) in [7, 11) is -2.10. The third-order valence-corrected chi connectivity index (χ3v) is 7.39. The van der Waals surface area contributed by atoms with E-state index in [1.54, 1.807) is 42.5 Å². The maximum atomic E-state index is 12.8. The zero-order valence-electron chi connectivity index (χ0n) is 15.5. The van der Waals surface area contributed by atoms with E-state index in [1.165, 1.54) is 22.7 Å². The van der Waals surface area contributed by atoms with Gasteiger partial charge in [-0.05, 0) is 55.1 Å². The van der Waals surface area contributed by atoms with Crippen LogP contribution in [-0.2, 0) is 10.0 Å². The molecule has 1 heterocycles. The summed E-state index contributed by atoms with van der Waals surface area (Å²) < 4.78 is 27.8. The number of rotatable bonds is 6. The average Bonchev–Trinajstić information content (AvgIpc) is 3.11. The average molecular weight is 403 g/mol. The van der Waals surface area contributed by atoms with E-state index in [4.69, 9.17) is 0 Å². The Morgan fingerprint density at radius 2 is 1.85 bits per heavy atom. The molecule has 0 saturated carbocycles. The maximum Gasteiger partial charge on any atom is 0.264 e. The predicted molar refractivity (Wildman–Crippen MR) is 111 cm³/mol. The highest BCUT2D eigenvalue weighted by atomic mass is 32.2. The first kappa shape index (κ1) is 19.4. The standard InChI is InChI=1S/C20H22N2O3S2/c1-4-14(2)21-20(23)19-13-15-12-16(10-11-18(15)26-19)22(3)27(24,25)17-8-6-5-7-9-17/h5-14H,4H2,1-3H3,(H,21,23). The first-order chi connectivity index (χ1) is 12.8. The molecule has 142 valence electrons. The van der Waals surface area contributed by atoms with Gasteiger partial charge in [0.1, 0.15) is 0 Å². The van der Waals surface area contributed by atoms with Crippen LogP contribution in [0.3, 0.4) is 0 Å². The van der Waals surface area contributed by atoms with Crippen LogP contribution in [0.2, 0.25) is 0 Å². The van der Waals surface area contributed by atoms with Gasteiger partial charge in [0.15, 0.2) is 0 Å². The van der Waals surface area contributed by atoms with Crippen molar-refractivity contribution in [1.29, 1.82) is 0 Å². The second-order valence-electron chi connectivity index (χ2n) is 6.40. The smallest absolute Gasteiger partial charge is 0.264 e. The highest BCUT2D eigenvalue weighted by Gasteiger charge is 2.21. The fourth-order valence-corrected chi connectivity index (χ4v) is 4.78. The number of benzene rings is 2. The van der Waals surface area contributed by atoms with Gasteiger partial charge in [0, 0.05) is 17.8 Å². The number of nitrogens with one attached hydrogen (secondary N) is 1. The van der Waals surface area contributed by atoms with Crippen LogP contribution in [0.15, 0.2) is 59.5 Å². The van der Waals surface area contributed by atoms with E-state index < -0.39 is 10.0 Å². The fraction of sp³-hybridized carbons (Fsp3) is 0.250. The van der Waals surface area contributed by atoms with Gasteiger partial charge < -0.3 is 5.32 Å². The summed E-state index contributed by atoms with van der Waals surface area (Å²) in [4.78, 5) is 13.2. The second-order valence-corrected chi connectivity index (χ2v) is 9.45. The van der Waals surface area contributed by atoms with Crippen LogP contribution in [-0.4, -0.2) is 27.4 Å². The number of thiophene rings is 1. The van der Waals surface area contributed by atoms with Crippen molar-refractivity contribution in [2.45, 2.75) is 31.2 Å². The molecule has 0 saturated heterocycles. The minimum atomic E-state index is -3.63. The molecule has 1 unspecified atom stereocenters. The highest BCUT2D eigenvalue weighted by Crippen LogP contribution is 2.31. The molecule has 1 amide bonds. The zero-order valence-corrected chi connectivity index (χ0v) is 17.1. The lowest BCUT2D eigenvalue weighted by Crippen LogP contribution is -2.31. The molecule has 2 aromatic carbocycles. The first-order valence-corrected chi connectivity index (χ1v) is 11.0. The number of nitrogens with zero attached hydrogens (tertiary/aromatic N) is 1. The summed E-state index contributed by atoms with van der Waals surface area (Å²) in [5.41, 5.74) is 0.554. The minimum absolute atomic E-state index is 0.0997. The summed E-state index contributed by atoms with van der Waals surface area (Å²) in [6.07, 6.45) is 0.864. The Balaban J connectivity index is 1.91. The molecule has 0 aliphatic rings. The number of amides is 1. The summed E-state index contributed by atoms with van der Waals surface area (Å²) in [6.45, 7) is 3.98. The summed E-state index contributed by atoms with van der Waals surface area (Å²) in [5, 5.41) is 3.80. The van der Waals surface area contributed by atoms with E-state index in [0.717, 1.165) is 16.5 Å². The van der Waals surface area contributed by atoms with Gasteiger partial charge in [-0.1, -0.05) is 25.1 Å². The van der Waals surface area contributed by atoms with Gasteiger partial charge in [0.05, 0.1) is 15.5 Å². The second kappa shape index (κ2) is 7.70. The topological polar surface area (TPSA) is 66.5 Å². The third-order valence-electron chi connectivity index (χ3n) is 4.48. The molecule has 0 fully saturated rings.